The summed E-state index contributed by atoms with van der Waals surface area (Å²) in [5.41, 5.74) is 4.21. The number of hydrogen-bond acceptors (Lipinski definition) is 11. The molecule has 12 heteroatoms. The topological polar surface area (TPSA) is 140 Å². The summed E-state index contributed by atoms with van der Waals surface area (Å²) >= 11 is 0. The molecule has 1 aliphatic heterocycles. The van der Waals surface area contributed by atoms with Crippen LogP contribution in [0, 0.1) is 10.1 Å². The van der Waals surface area contributed by atoms with Crippen LogP contribution in [0.25, 0.3) is 0 Å². The van der Waals surface area contributed by atoms with E-state index in [0.717, 1.165) is 31.5 Å². The lowest BCUT2D eigenvalue weighted by Gasteiger charge is -2.16. The van der Waals surface area contributed by atoms with Crippen LogP contribution in [0.4, 0.5) is 29.2 Å². The van der Waals surface area contributed by atoms with Crippen molar-refractivity contribution in [1.29, 1.82) is 0 Å². The molecule has 1 fully saturated rings. The van der Waals surface area contributed by atoms with Gasteiger partial charge in [-0.1, -0.05) is 0 Å². The summed E-state index contributed by atoms with van der Waals surface area (Å²) < 4.78 is 10.6. The van der Waals surface area contributed by atoms with Gasteiger partial charge in [-0.3, -0.25) is 10.1 Å². The summed E-state index contributed by atoms with van der Waals surface area (Å²) in [6.07, 6.45) is 3.73. The van der Waals surface area contributed by atoms with Gasteiger partial charge in [0.05, 0.1) is 25.4 Å². The smallest absolute Gasteiger partial charge is 0.269 e. The van der Waals surface area contributed by atoms with E-state index in [4.69, 9.17) is 9.47 Å². The van der Waals surface area contributed by atoms with E-state index in [1.165, 1.54) is 12.1 Å². The SMILES string of the molecule is COc1ccc(/C=N\Nc2nc(Nc3ccc([N+](=O)[O-])cc3)nc(N3CCCC3)n2)c(OC)c1. The molecule has 12 nitrogen and oxygen atoms in total. The second-order valence-electron chi connectivity index (χ2n) is 7.38. The van der Waals surface area contributed by atoms with Gasteiger partial charge in [-0.15, -0.1) is 0 Å². The van der Waals surface area contributed by atoms with E-state index in [1.807, 2.05) is 12.1 Å². The number of nitrogens with one attached hydrogen (secondary N) is 2. The Balaban J connectivity index is 1.56. The van der Waals surface area contributed by atoms with E-state index in [2.05, 4.69) is 35.7 Å². The van der Waals surface area contributed by atoms with Gasteiger partial charge in [0.2, 0.25) is 17.8 Å². The van der Waals surface area contributed by atoms with Crippen molar-refractivity contribution in [3.8, 4) is 11.5 Å². The number of methoxy groups -OCH3 is 2. The zero-order chi connectivity index (χ0) is 23.9. The summed E-state index contributed by atoms with van der Waals surface area (Å²) in [6, 6.07) is 11.4. The maximum absolute atomic E-state index is 10.9. The molecule has 176 valence electrons. The second-order valence-corrected chi connectivity index (χ2v) is 7.38. The van der Waals surface area contributed by atoms with Gasteiger partial charge in [0.15, 0.2) is 0 Å². The largest absolute Gasteiger partial charge is 0.497 e. The van der Waals surface area contributed by atoms with Gasteiger partial charge in [0.1, 0.15) is 11.5 Å². The number of hydrogen-bond donors (Lipinski definition) is 2. The van der Waals surface area contributed by atoms with E-state index in [0.29, 0.717) is 29.1 Å². The van der Waals surface area contributed by atoms with Crippen LogP contribution in [0.5, 0.6) is 11.5 Å². The number of nitrogens with zero attached hydrogens (tertiary/aromatic N) is 6. The van der Waals surface area contributed by atoms with Crippen molar-refractivity contribution in [3.63, 3.8) is 0 Å². The molecule has 0 radical (unpaired) electrons. The van der Waals surface area contributed by atoms with E-state index in [9.17, 15) is 10.1 Å². The van der Waals surface area contributed by atoms with Gasteiger partial charge in [0.25, 0.3) is 5.69 Å². The first kappa shape index (κ1) is 22.7. The normalized spacial score (nSPS) is 13.2. The number of non-ortho nitro benzene ring substituents is 1. The fraction of sp³-hybridized carbons (Fsp3) is 0.273. The molecule has 2 heterocycles. The van der Waals surface area contributed by atoms with Gasteiger partial charge >= 0.3 is 0 Å². The summed E-state index contributed by atoms with van der Waals surface area (Å²) in [7, 11) is 3.16. The van der Waals surface area contributed by atoms with Crippen molar-refractivity contribution in [2.45, 2.75) is 12.8 Å². The third-order valence-electron chi connectivity index (χ3n) is 5.16. The van der Waals surface area contributed by atoms with Crippen molar-refractivity contribution in [1.82, 2.24) is 15.0 Å². The van der Waals surface area contributed by atoms with Gasteiger partial charge in [-0.05, 0) is 37.1 Å². The highest BCUT2D eigenvalue weighted by molar-refractivity contribution is 5.84. The Morgan fingerprint density at radius 3 is 2.44 bits per heavy atom. The van der Waals surface area contributed by atoms with E-state index in [-0.39, 0.29) is 11.6 Å². The minimum Gasteiger partial charge on any atom is -0.497 e. The number of anilines is 4. The fourth-order valence-corrected chi connectivity index (χ4v) is 3.41. The third kappa shape index (κ3) is 5.46. The molecule has 0 amide bonds. The number of benzene rings is 2. The van der Waals surface area contributed by atoms with E-state index < -0.39 is 4.92 Å². The average Bonchev–Trinajstić information content (AvgIpc) is 3.39. The predicted octanol–water partition coefficient (Wildman–Crippen LogP) is 3.59. The van der Waals surface area contributed by atoms with E-state index in [1.54, 1.807) is 38.6 Å². The van der Waals surface area contributed by atoms with Crippen LogP contribution in [0.2, 0.25) is 0 Å². The molecule has 0 unspecified atom stereocenters. The first-order valence-electron chi connectivity index (χ1n) is 10.6. The molecule has 1 aromatic heterocycles. The number of rotatable bonds is 9. The third-order valence-corrected chi connectivity index (χ3v) is 5.16. The number of nitro benzene ring substituents is 1. The minimum absolute atomic E-state index is 0.00426. The van der Waals surface area contributed by atoms with E-state index >= 15 is 0 Å². The second kappa shape index (κ2) is 10.4. The van der Waals surface area contributed by atoms with Gasteiger partial charge in [0, 0.05) is 42.5 Å². The summed E-state index contributed by atoms with van der Waals surface area (Å²) in [6.45, 7) is 1.71. The van der Waals surface area contributed by atoms with Gasteiger partial charge in [-0.2, -0.15) is 20.1 Å². The molecule has 0 atom stereocenters. The van der Waals surface area contributed by atoms with Crippen molar-refractivity contribution in [2.75, 3.05) is 43.0 Å². The summed E-state index contributed by atoms with van der Waals surface area (Å²) in [4.78, 5) is 25.9. The number of ether oxygens (including phenoxy) is 2. The fourth-order valence-electron chi connectivity index (χ4n) is 3.41. The minimum atomic E-state index is -0.448. The number of nitro groups is 1. The van der Waals surface area contributed by atoms with Gasteiger partial charge < -0.3 is 19.7 Å². The summed E-state index contributed by atoms with van der Waals surface area (Å²) in [5.74, 6) is 2.36. The van der Waals surface area contributed by atoms with Crippen molar-refractivity contribution >= 4 is 35.4 Å². The standard InChI is InChI=1S/C22H24N8O4/c1-33-18-10-5-15(19(13-18)34-2)14-23-28-21-25-20(26-22(27-21)29-11-3-4-12-29)24-16-6-8-17(9-7-16)30(31)32/h5-10,13-14H,3-4,11-12H2,1-2H3,(H2,24,25,26,27,28)/b23-14-. The Kier molecular flexibility index (Phi) is 6.96. The van der Waals surface area contributed by atoms with Crippen LogP contribution in [0.3, 0.4) is 0 Å². The molecule has 2 aromatic carbocycles. The van der Waals surface area contributed by atoms with Crippen LogP contribution in [0.1, 0.15) is 18.4 Å². The van der Waals surface area contributed by atoms with Crippen molar-refractivity contribution in [2.24, 2.45) is 5.10 Å². The molecule has 0 bridgehead atoms. The van der Waals surface area contributed by atoms with Crippen LogP contribution in [-0.4, -0.2) is 53.4 Å². The average molecular weight is 464 g/mol. The number of aromatic nitrogens is 3. The van der Waals surface area contributed by atoms with Crippen LogP contribution < -0.4 is 25.1 Å². The molecule has 0 spiro atoms. The molecule has 1 saturated heterocycles. The molecular weight excluding hydrogens is 440 g/mol. The molecule has 1 aliphatic rings. The van der Waals surface area contributed by atoms with Crippen LogP contribution >= 0.6 is 0 Å². The first-order chi connectivity index (χ1) is 16.6. The molecule has 34 heavy (non-hydrogen) atoms. The monoisotopic (exact) mass is 464 g/mol. The van der Waals surface area contributed by atoms with Crippen molar-refractivity contribution in [3.05, 3.63) is 58.1 Å². The highest BCUT2D eigenvalue weighted by Crippen LogP contribution is 2.24. The van der Waals surface area contributed by atoms with Crippen LogP contribution in [-0.2, 0) is 0 Å². The maximum atomic E-state index is 10.9. The Labute approximate surface area is 195 Å². The summed E-state index contributed by atoms with van der Waals surface area (Å²) in [5, 5.41) is 18.2. The quantitative estimate of drug-likeness (QED) is 0.274. The molecule has 3 aromatic rings. The zero-order valence-electron chi connectivity index (χ0n) is 18.8. The Bertz CT molecular complexity index is 1180. The molecule has 4 rings (SSSR count). The first-order valence-corrected chi connectivity index (χ1v) is 10.6. The molecule has 2 N–H and O–H groups in total. The van der Waals surface area contributed by atoms with Crippen molar-refractivity contribution < 1.29 is 14.4 Å². The Morgan fingerprint density at radius 2 is 1.76 bits per heavy atom. The zero-order valence-corrected chi connectivity index (χ0v) is 18.8. The molecular formula is C22H24N8O4. The lowest BCUT2D eigenvalue weighted by Crippen LogP contribution is -2.21. The molecule has 0 saturated carbocycles. The predicted molar refractivity (Wildman–Crippen MR) is 128 cm³/mol. The Morgan fingerprint density at radius 1 is 1.03 bits per heavy atom. The molecule has 0 aliphatic carbocycles. The highest BCUT2D eigenvalue weighted by Gasteiger charge is 2.18. The van der Waals surface area contributed by atoms with Crippen LogP contribution in [0.15, 0.2) is 47.6 Å². The lowest BCUT2D eigenvalue weighted by molar-refractivity contribution is -0.384. The lowest BCUT2D eigenvalue weighted by atomic mass is 10.2. The maximum Gasteiger partial charge on any atom is 0.269 e. The highest BCUT2D eigenvalue weighted by atomic mass is 16.6. The Hall–Kier alpha value is -4.48. The number of hydrazone groups is 1. The van der Waals surface area contributed by atoms with Gasteiger partial charge in [-0.25, -0.2) is 5.43 Å².